The van der Waals surface area contributed by atoms with Crippen LogP contribution in [-0.4, -0.2) is 64.3 Å². The largest absolute Gasteiger partial charge is 0.447 e. The number of benzene rings is 2. The van der Waals surface area contributed by atoms with Gasteiger partial charge in [-0.1, -0.05) is 48.5 Å². The molecule has 148 valence electrons. The molecule has 0 spiro atoms. The molecule has 5 N–H and O–H groups in total. The highest BCUT2D eigenvalue weighted by Crippen LogP contribution is 2.44. The number of hydrogen-bond donors (Lipinski definition) is 5. The SMILES string of the molecule is O=C(NN=C[C@H](O)[C@@H](O)[C@H](O)CO)OCC1c2ccccc2-c2ccccc21. The molecule has 8 heteroatoms. The van der Waals surface area contributed by atoms with Crippen molar-refractivity contribution in [1.82, 2.24) is 5.43 Å². The lowest BCUT2D eigenvalue weighted by molar-refractivity contribution is -0.0542. The highest BCUT2D eigenvalue weighted by Gasteiger charge is 2.29. The first-order valence-electron chi connectivity index (χ1n) is 8.82. The molecular formula is C20H22N2O6. The Kier molecular flexibility index (Phi) is 6.37. The molecule has 1 amide bonds. The van der Waals surface area contributed by atoms with E-state index in [1.54, 1.807) is 0 Å². The number of hydrazone groups is 1. The molecule has 0 aliphatic heterocycles. The average molecular weight is 386 g/mol. The number of aliphatic hydroxyl groups excluding tert-OH is 4. The third-order valence-corrected chi connectivity index (χ3v) is 4.66. The molecule has 28 heavy (non-hydrogen) atoms. The minimum absolute atomic E-state index is 0.0887. The van der Waals surface area contributed by atoms with Crippen molar-refractivity contribution >= 4 is 12.3 Å². The second-order valence-corrected chi connectivity index (χ2v) is 6.45. The minimum atomic E-state index is -1.63. The zero-order valence-corrected chi connectivity index (χ0v) is 15.0. The summed E-state index contributed by atoms with van der Waals surface area (Å²) < 4.78 is 5.25. The van der Waals surface area contributed by atoms with Gasteiger partial charge in [0.2, 0.25) is 0 Å². The van der Waals surface area contributed by atoms with Crippen molar-refractivity contribution in [1.29, 1.82) is 0 Å². The Balaban J connectivity index is 1.57. The zero-order chi connectivity index (χ0) is 20.1. The van der Waals surface area contributed by atoms with Gasteiger partial charge in [0.05, 0.1) is 12.8 Å². The smallest absolute Gasteiger partial charge is 0.427 e. The topological polar surface area (TPSA) is 132 Å². The minimum Gasteiger partial charge on any atom is -0.447 e. The summed E-state index contributed by atoms with van der Waals surface area (Å²) in [4.78, 5) is 11.9. The van der Waals surface area contributed by atoms with Crippen LogP contribution < -0.4 is 5.43 Å². The van der Waals surface area contributed by atoms with E-state index in [1.807, 2.05) is 48.5 Å². The molecule has 1 aliphatic rings. The Morgan fingerprint density at radius 1 is 1.07 bits per heavy atom. The van der Waals surface area contributed by atoms with Gasteiger partial charge < -0.3 is 25.2 Å². The van der Waals surface area contributed by atoms with Crippen molar-refractivity contribution in [3.63, 3.8) is 0 Å². The van der Waals surface area contributed by atoms with Crippen LogP contribution in [0, 0.1) is 0 Å². The van der Waals surface area contributed by atoms with Gasteiger partial charge in [-0.05, 0) is 22.3 Å². The number of hydrogen-bond acceptors (Lipinski definition) is 7. The molecule has 0 unspecified atom stereocenters. The van der Waals surface area contributed by atoms with E-state index in [0.29, 0.717) is 0 Å². The van der Waals surface area contributed by atoms with Crippen LogP contribution in [0.25, 0.3) is 11.1 Å². The number of nitrogens with one attached hydrogen (secondary N) is 1. The molecule has 3 atom stereocenters. The number of fused-ring (bicyclic) bond motifs is 3. The van der Waals surface area contributed by atoms with Crippen molar-refractivity contribution in [2.24, 2.45) is 5.10 Å². The lowest BCUT2D eigenvalue weighted by Gasteiger charge is -2.18. The maximum atomic E-state index is 11.9. The third-order valence-electron chi connectivity index (χ3n) is 4.66. The summed E-state index contributed by atoms with van der Waals surface area (Å²) in [6.45, 7) is -0.602. The van der Waals surface area contributed by atoms with Gasteiger partial charge in [-0.3, -0.25) is 0 Å². The summed E-state index contributed by atoms with van der Waals surface area (Å²) in [6.07, 6.45) is -4.68. The van der Waals surface area contributed by atoms with Crippen molar-refractivity contribution in [3.05, 3.63) is 59.7 Å². The van der Waals surface area contributed by atoms with Crippen LogP contribution in [0.3, 0.4) is 0 Å². The van der Waals surface area contributed by atoms with Gasteiger partial charge in [-0.15, -0.1) is 0 Å². The van der Waals surface area contributed by atoms with Crippen LogP contribution in [0.1, 0.15) is 17.0 Å². The summed E-state index contributed by atoms with van der Waals surface area (Å²) in [5, 5.41) is 40.5. The fourth-order valence-corrected chi connectivity index (χ4v) is 3.22. The average Bonchev–Trinajstić information content (AvgIpc) is 3.05. The predicted molar refractivity (Wildman–Crippen MR) is 102 cm³/mol. The molecule has 2 aromatic carbocycles. The van der Waals surface area contributed by atoms with Gasteiger partial charge in [0.1, 0.15) is 24.9 Å². The molecule has 8 nitrogen and oxygen atoms in total. The quantitative estimate of drug-likeness (QED) is 0.350. The fraction of sp³-hybridized carbons (Fsp3) is 0.300. The predicted octanol–water partition coefficient (Wildman–Crippen LogP) is 0.586. The monoisotopic (exact) mass is 386 g/mol. The fourth-order valence-electron chi connectivity index (χ4n) is 3.22. The maximum Gasteiger partial charge on any atom is 0.427 e. The Labute approximate surface area is 161 Å². The van der Waals surface area contributed by atoms with Crippen LogP contribution in [-0.2, 0) is 4.74 Å². The van der Waals surface area contributed by atoms with Crippen LogP contribution in [0.2, 0.25) is 0 Å². The number of carbonyl (C=O) groups excluding carboxylic acids is 1. The molecule has 0 bridgehead atoms. The highest BCUT2D eigenvalue weighted by molar-refractivity contribution is 5.79. The van der Waals surface area contributed by atoms with Crippen LogP contribution in [0.15, 0.2) is 53.6 Å². The van der Waals surface area contributed by atoms with Gasteiger partial charge in [0.25, 0.3) is 0 Å². The van der Waals surface area contributed by atoms with E-state index in [9.17, 15) is 20.1 Å². The maximum absolute atomic E-state index is 11.9. The number of ether oxygens (including phenoxy) is 1. The van der Waals surface area contributed by atoms with Crippen LogP contribution in [0.5, 0.6) is 0 Å². The number of amides is 1. The second kappa shape index (κ2) is 8.94. The van der Waals surface area contributed by atoms with Crippen LogP contribution in [0.4, 0.5) is 4.79 Å². The number of carbonyl (C=O) groups is 1. The molecule has 0 saturated heterocycles. The first-order chi connectivity index (χ1) is 13.5. The number of nitrogens with zero attached hydrogens (tertiary/aromatic N) is 1. The molecule has 0 heterocycles. The van der Waals surface area contributed by atoms with E-state index >= 15 is 0 Å². The molecular weight excluding hydrogens is 364 g/mol. The lowest BCUT2D eigenvalue weighted by Crippen LogP contribution is -2.40. The molecule has 0 aromatic heterocycles. The van der Waals surface area contributed by atoms with E-state index in [1.165, 1.54) is 0 Å². The summed E-state index contributed by atoms with van der Waals surface area (Å²) in [5.41, 5.74) is 6.48. The van der Waals surface area contributed by atoms with E-state index in [-0.39, 0.29) is 12.5 Å². The molecule has 0 fully saturated rings. The molecule has 3 rings (SSSR count). The Morgan fingerprint density at radius 3 is 2.21 bits per heavy atom. The Hall–Kier alpha value is -2.78. The van der Waals surface area contributed by atoms with Gasteiger partial charge in [-0.25, -0.2) is 10.2 Å². The van der Waals surface area contributed by atoms with Gasteiger partial charge in [0, 0.05) is 5.92 Å². The second-order valence-electron chi connectivity index (χ2n) is 6.45. The highest BCUT2D eigenvalue weighted by atomic mass is 16.6. The van der Waals surface area contributed by atoms with Crippen molar-refractivity contribution in [3.8, 4) is 11.1 Å². The lowest BCUT2D eigenvalue weighted by atomic mass is 9.98. The normalized spacial score (nSPS) is 16.3. The Morgan fingerprint density at radius 2 is 1.64 bits per heavy atom. The summed E-state index contributed by atoms with van der Waals surface area (Å²) in [5.74, 6) is -0.0887. The summed E-state index contributed by atoms with van der Waals surface area (Å²) in [6, 6.07) is 15.9. The number of rotatable bonds is 7. The van der Waals surface area contributed by atoms with Gasteiger partial charge >= 0.3 is 6.09 Å². The van der Waals surface area contributed by atoms with Gasteiger partial charge in [-0.2, -0.15) is 5.10 Å². The molecule has 2 aromatic rings. The molecule has 0 saturated carbocycles. The Bertz CT molecular complexity index is 811. The summed E-state index contributed by atoms with van der Waals surface area (Å²) in [7, 11) is 0. The number of aliphatic hydroxyl groups is 4. The molecule has 1 aliphatic carbocycles. The molecule has 0 radical (unpaired) electrons. The summed E-state index contributed by atoms with van der Waals surface area (Å²) >= 11 is 0. The van der Waals surface area contributed by atoms with Crippen molar-refractivity contribution in [2.45, 2.75) is 24.2 Å². The van der Waals surface area contributed by atoms with Crippen molar-refractivity contribution < 1.29 is 30.0 Å². The van der Waals surface area contributed by atoms with E-state index in [2.05, 4.69) is 10.5 Å². The first kappa shape index (κ1) is 20.0. The van der Waals surface area contributed by atoms with Crippen molar-refractivity contribution in [2.75, 3.05) is 13.2 Å². The van der Waals surface area contributed by atoms with E-state index in [4.69, 9.17) is 9.84 Å². The van der Waals surface area contributed by atoms with Crippen LogP contribution >= 0.6 is 0 Å². The van der Waals surface area contributed by atoms with E-state index in [0.717, 1.165) is 28.5 Å². The zero-order valence-electron chi connectivity index (χ0n) is 15.0. The first-order valence-corrected chi connectivity index (χ1v) is 8.82. The standard InChI is InChI=1S/C20H22N2O6/c23-10-18(25)19(26)17(24)9-21-22-20(27)28-11-16-14-7-3-1-5-12(14)13-6-2-4-8-15(13)16/h1-9,16-19,23-26H,10-11H2,(H,22,27)/t17-,18+,19+/m0/s1. The third kappa shape index (κ3) is 4.20. The van der Waals surface area contributed by atoms with E-state index < -0.39 is 31.0 Å². The van der Waals surface area contributed by atoms with Gasteiger partial charge in [0.15, 0.2) is 0 Å².